The highest BCUT2D eigenvalue weighted by molar-refractivity contribution is 5.95. The first-order valence-corrected chi connectivity index (χ1v) is 9.29. The van der Waals surface area contributed by atoms with E-state index in [2.05, 4.69) is 10.6 Å². The molecule has 0 aromatic heterocycles. The van der Waals surface area contributed by atoms with Crippen molar-refractivity contribution in [2.45, 2.75) is 70.6 Å². The van der Waals surface area contributed by atoms with Gasteiger partial charge in [0, 0.05) is 13.0 Å². The average molecular weight is 415 g/mol. The highest BCUT2D eigenvalue weighted by Gasteiger charge is 2.46. The van der Waals surface area contributed by atoms with Crippen LogP contribution < -0.4 is 10.6 Å². The van der Waals surface area contributed by atoms with E-state index < -0.39 is 53.4 Å². The van der Waals surface area contributed by atoms with Crippen LogP contribution in [0.4, 0.5) is 4.79 Å². The van der Waals surface area contributed by atoms with E-state index in [9.17, 15) is 29.1 Å². The largest absolute Gasteiger partial charge is 0.481 e. The van der Waals surface area contributed by atoms with Crippen LogP contribution in [0.25, 0.3) is 0 Å². The monoisotopic (exact) mass is 415 g/mol. The third-order valence-corrected chi connectivity index (χ3v) is 4.46. The van der Waals surface area contributed by atoms with Gasteiger partial charge in [-0.25, -0.2) is 9.59 Å². The number of nitrogens with one attached hydrogen (secondary N) is 2. The van der Waals surface area contributed by atoms with Gasteiger partial charge in [0.1, 0.15) is 23.7 Å². The van der Waals surface area contributed by atoms with E-state index in [1.165, 1.54) is 11.8 Å². The van der Waals surface area contributed by atoms with Gasteiger partial charge in [-0.1, -0.05) is 0 Å². The van der Waals surface area contributed by atoms with E-state index in [0.717, 1.165) is 0 Å². The number of aliphatic carboxylic acids is 2. The zero-order chi connectivity index (χ0) is 22.4. The average Bonchev–Trinajstić information content (AvgIpc) is 2.97. The molecule has 1 aliphatic rings. The number of nitrogens with zero attached hydrogens (tertiary/aromatic N) is 1. The minimum atomic E-state index is -1.38. The maximum Gasteiger partial charge on any atom is 0.408 e. The van der Waals surface area contributed by atoms with Gasteiger partial charge >= 0.3 is 18.0 Å². The van der Waals surface area contributed by atoms with Crippen LogP contribution in [-0.2, 0) is 23.9 Å². The molecule has 3 amide bonds. The Balaban J connectivity index is 2.76. The fourth-order valence-electron chi connectivity index (χ4n) is 3.00. The quantitative estimate of drug-likeness (QED) is 0.441. The zero-order valence-corrected chi connectivity index (χ0v) is 17.1. The highest BCUT2D eigenvalue weighted by atomic mass is 16.6. The molecule has 1 saturated heterocycles. The summed E-state index contributed by atoms with van der Waals surface area (Å²) in [6.07, 6.45) is -0.635. The van der Waals surface area contributed by atoms with Crippen LogP contribution in [0.5, 0.6) is 0 Å². The van der Waals surface area contributed by atoms with Crippen molar-refractivity contribution in [3.05, 3.63) is 0 Å². The lowest BCUT2D eigenvalue weighted by molar-refractivity contribution is -0.147. The Bertz CT molecular complexity index is 673. The molecule has 1 fully saturated rings. The number of carboxylic acid groups (broad SMARTS) is 2. The molecule has 11 nitrogen and oxygen atoms in total. The van der Waals surface area contributed by atoms with Crippen molar-refractivity contribution in [1.82, 2.24) is 15.5 Å². The number of hydrogen-bond donors (Lipinski definition) is 4. The van der Waals surface area contributed by atoms with Crippen LogP contribution in [0.2, 0.25) is 0 Å². The van der Waals surface area contributed by atoms with E-state index >= 15 is 0 Å². The minimum absolute atomic E-state index is 0.269. The predicted octanol–water partition coefficient (Wildman–Crippen LogP) is 0.326. The van der Waals surface area contributed by atoms with Crippen molar-refractivity contribution in [3.8, 4) is 0 Å². The number of likely N-dealkylation sites (tertiary alicyclic amines) is 1. The van der Waals surface area contributed by atoms with Crippen LogP contribution in [-0.4, -0.2) is 75.2 Å². The van der Waals surface area contributed by atoms with Crippen molar-refractivity contribution in [2.24, 2.45) is 0 Å². The molecule has 1 heterocycles. The number of alkyl carbamates (subject to hydrolysis) is 1. The molecule has 11 heteroatoms. The van der Waals surface area contributed by atoms with E-state index in [-0.39, 0.29) is 19.5 Å². The third-order valence-electron chi connectivity index (χ3n) is 4.46. The second-order valence-electron chi connectivity index (χ2n) is 8.07. The molecular weight excluding hydrogens is 386 g/mol. The molecule has 0 radical (unpaired) electrons. The fourth-order valence-corrected chi connectivity index (χ4v) is 3.00. The third kappa shape index (κ3) is 7.24. The van der Waals surface area contributed by atoms with Gasteiger partial charge in [-0.3, -0.25) is 14.4 Å². The van der Waals surface area contributed by atoms with Crippen molar-refractivity contribution >= 4 is 29.8 Å². The van der Waals surface area contributed by atoms with E-state index in [1.807, 2.05) is 0 Å². The number of carbonyl (C=O) groups excluding carboxylic acids is 3. The molecular formula is C18H29N3O8. The number of hydrogen-bond acceptors (Lipinski definition) is 6. The van der Waals surface area contributed by atoms with Gasteiger partial charge in [-0.2, -0.15) is 0 Å². The molecule has 164 valence electrons. The van der Waals surface area contributed by atoms with Crippen LogP contribution in [0, 0.1) is 0 Å². The summed E-state index contributed by atoms with van der Waals surface area (Å²) < 4.78 is 5.06. The summed E-state index contributed by atoms with van der Waals surface area (Å²) in [4.78, 5) is 60.3. The summed E-state index contributed by atoms with van der Waals surface area (Å²) in [5, 5.41) is 22.6. The summed E-state index contributed by atoms with van der Waals surface area (Å²) in [7, 11) is 0. The molecule has 1 aliphatic heterocycles. The molecule has 1 rings (SSSR count). The number of amides is 3. The Kier molecular flexibility index (Phi) is 7.98. The van der Waals surface area contributed by atoms with Crippen molar-refractivity contribution in [2.75, 3.05) is 13.1 Å². The van der Waals surface area contributed by atoms with Crippen LogP contribution >= 0.6 is 0 Å². The first-order chi connectivity index (χ1) is 13.3. The standard InChI is InChI=1S/C18H29N3O8/c1-17(2,3)29-16(28)19-10-12(22)21-9-5-8-18(21,4)15(27)20-11(14(25)26)6-7-13(23)24/h11H,5-10H2,1-4H3,(H,19,28)(H,20,27)(H,23,24)(H,25,26)/t11-,18-/m1/s1. The van der Waals surface area contributed by atoms with Crippen molar-refractivity contribution in [3.63, 3.8) is 0 Å². The Morgan fingerprint density at radius 2 is 1.79 bits per heavy atom. The van der Waals surface area contributed by atoms with Crippen LogP contribution in [0.1, 0.15) is 53.4 Å². The summed E-state index contributed by atoms with van der Waals surface area (Å²) in [5.74, 6) is -3.73. The van der Waals surface area contributed by atoms with Crippen LogP contribution in [0.15, 0.2) is 0 Å². The van der Waals surface area contributed by atoms with Crippen molar-refractivity contribution < 1.29 is 38.9 Å². The Labute approximate surface area is 168 Å². The maximum absolute atomic E-state index is 12.7. The smallest absolute Gasteiger partial charge is 0.408 e. The van der Waals surface area contributed by atoms with Gasteiger partial charge < -0.3 is 30.5 Å². The van der Waals surface area contributed by atoms with E-state index in [1.54, 1.807) is 20.8 Å². The highest BCUT2D eigenvalue weighted by Crippen LogP contribution is 2.29. The van der Waals surface area contributed by atoms with E-state index in [4.69, 9.17) is 9.84 Å². The van der Waals surface area contributed by atoms with Gasteiger partial charge in [0.2, 0.25) is 11.8 Å². The number of carboxylic acids is 2. The second-order valence-corrected chi connectivity index (χ2v) is 8.07. The van der Waals surface area contributed by atoms with Gasteiger partial charge in [-0.05, 0) is 47.0 Å². The van der Waals surface area contributed by atoms with E-state index in [0.29, 0.717) is 12.8 Å². The predicted molar refractivity (Wildman–Crippen MR) is 100 cm³/mol. The molecule has 0 spiro atoms. The minimum Gasteiger partial charge on any atom is -0.481 e. The molecule has 0 bridgehead atoms. The topological polar surface area (TPSA) is 162 Å². The summed E-state index contributed by atoms with van der Waals surface area (Å²) >= 11 is 0. The molecule has 0 aliphatic carbocycles. The first-order valence-electron chi connectivity index (χ1n) is 9.29. The van der Waals surface area contributed by atoms with Gasteiger partial charge in [0.25, 0.3) is 0 Å². The molecule has 4 N–H and O–H groups in total. The molecule has 0 aromatic carbocycles. The van der Waals surface area contributed by atoms with Gasteiger partial charge in [0.15, 0.2) is 0 Å². The summed E-state index contributed by atoms with van der Waals surface area (Å²) in [6.45, 7) is 6.44. The maximum atomic E-state index is 12.7. The lowest BCUT2D eigenvalue weighted by Crippen LogP contribution is -2.59. The van der Waals surface area contributed by atoms with Crippen molar-refractivity contribution in [1.29, 1.82) is 0 Å². The first kappa shape index (κ1) is 24.2. The Hall–Kier alpha value is -2.85. The number of carbonyl (C=O) groups is 5. The zero-order valence-electron chi connectivity index (χ0n) is 17.1. The lowest BCUT2D eigenvalue weighted by atomic mass is 9.96. The molecule has 29 heavy (non-hydrogen) atoms. The van der Waals surface area contributed by atoms with Gasteiger partial charge in [0.05, 0.1) is 0 Å². The fraction of sp³-hybridized carbons (Fsp3) is 0.722. The lowest BCUT2D eigenvalue weighted by Gasteiger charge is -2.35. The Morgan fingerprint density at radius 1 is 1.17 bits per heavy atom. The number of rotatable bonds is 8. The number of ether oxygens (including phenoxy) is 1. The van der Waals surface area contributed by atoms with Crippen LogP contribution in [0.3, 0.4) is 0 Å². The molecule has 2 atom stereocenters. The molecule has 0 saturated carbocycles. The molecule has 0 unspecified atom stereocenters. The summed E-state index contributed by atoms with van der Waals surface area (Å²) in [6, 6.07) is -1.38. The second kappa shape index (κ2) is 9.57. The summed E-state index contributed by atoms with van der Waals surface area (Å²) in [5.41, 5.74) is -2.03. The Morgan fingerprint density at radius 3 is 2.31 bits per heavy atom. The SMILES string of the molecule is CC(C)(C)OC(=O)NCC(=O)N1CCC[C@]1(C)C(=O)N[C@H](CCC(=O)O)C(=O)O. The van der Waals surface area contributed by atoms with Gasteiger partial charge in [-0.15, -0.1) is 0 Å². The molecule has 0 aromatic rings. The normalized spacial score (nSPS) is 19.9.